The Morgan fingerprint density at radius 1 is 1.00 bits per heavy atom. The minimum Gasteiger partial charge on any atom is -0.493 e. The van der Waals surface area contributed by atoms with Gasteiger partial charge in [0.25, 0.3) is 0 Å². The van der Waals surface area contributed by atoms with Gasteiger partial charge in [-0.05, 0) is 12.1 Å². The van der Waals surface area contributed by atoms with E-state index in [4.69, 9.17) is 14.2 Å². The smallest absolute Gasteiger partial charge is 0.246 e. The summed E-state index contributed by atoms with van der Waals surface area (Å²) in [7, 11) is 0.535. The van der Waals surface area contributed by atoms with Gasteiger partial charge in [0.1, 0.15) is 10.7 Å². The van der Waals surface area contributed by atoms with Crippen molar-refractivity contribution in [3.05, 3.63) is 42.2 Å². The minimum absolute atomic E-state index is 0.0737. The lowest BCUT2D eigenvalue weighted by Crippen LogP contribution is -2.50. The minimum atomic E-state index is -3.92. The van der Waals surface area contributed by atoms with Crippen LogP contribution in [0.3, 0.4) is 0 Å². The number of carbonyl (C=O) groups is 1. The lowest BCUT2D eigenvalue weighted by Gasteiger charge is -2.33. The van der Waals surface area contributed by atoms with E-state index in [0.29, 0.717) is 36.0 Å². The van der Waals surface area contributed by atoms with E-state index in [1.54, 1.807) is 12.1 Å². The van der Waals surface area contributed by atoms with Crippen molar-refractivity contribution in [2.24, 2.45) is 0 Å². The number of benzene rings is 2. The summed E-state index contributed by atoms with van der Waals surface area (Å²) in [6, 6.07) is 8.55. The highest BCUT2D eigenvalue weighted by molar-refractivity contribution is 7.89. The first-order valence-electron chi connectivity index (χ1n) is 9.87. The van der Waals surface area contributed by atoms with Crippen LogP contribution in [0.4, 0.5) is 10.1 Å². The Bertz CT molecular complexity index is 1050. The van der Waals surface area contributed by atoms with E-state index in [2.05, 4.69) is 5.32 Å². The summed E-state index contributed by atoms with van der Waals surface area (Å²) < 4.78 is 56.4. The highest BCUT2D eigenvalue weighted by atomic mass is 32.2. The monoisotopic (exact) mass is 467 g/mol. The van der Waals surface area contributed by atoms with Crippen LogP contribution in [0, 0.1) is 5.82 Å². The van der Waals surface area contributed by atoms with Gasteiger partial charge < -0.3 is 19.5 Å². The fraction of sp³-hybridized carbons (Fsp3) is 0.381. The molecule has 32 heavy (non-hydrogen) atoms. The standard InChI is InChI=1S/C21H26FN3O6S/c1-29-17-12-15(13-18(30-2)21(17)31-3)23-20(26)14-24-8-10-25(11-9-24)32(27,28)19-7-5-4-6-16(19)22/h4-7,12-13H,8-11,14H2,1-3H3,(H,23,26). The number of anilines is 1. The summed E-state index contributed by atoms with van der Waals surface area (Å²) >= 11 is 0. The molecule has 1 aliphatic rings. The van der Waals surface area contributed by atoms with Gasteiger partial charge in [0.05, 0.1) is 27.9 Å². The molecule has 0 bridgehead atoms. The second kappa shape index (κ2) is 10.2. The number of rotatable bonds is 8. The molecule has 2 aromatic rings. The van der Waals surface area contributed by atoms with Gasteiger partial charge >= 0.3 is 0 Å². The number of methoxy groups -OCH3 is 3. The molecule has 0 aromatic heterocycles. The van der Waals surface area contributed by atoms with Crippen molar-refractivity contribution >= 4 is 21.6 Å². The van der Waals surface area contributed by atoms with Gasteiger partial charge in [-0.25, -0.2) is 12.8 Å². The predicted octanol–water partition coefficient (Wildman–Crippen LogP) is 1.80. The Kier molecular flexibility index (Phi) is 7.54. The molecule has 0 atom stereocenters. The maximum absolute atomic E-state index is 14.0. The molecule has 0 aliphatic carbocycles. The fourth-order valence-corrected chi connectivity index (χ4v) is 4.97. The van der Waals surface area contributed by atoms with Crippen LogP contribution in [0.1, 0.15) is 0 Å². The molecule has 1 aliphatic heterocycles. The van der Waals surface area contributed by atoms with Crippen LogP contribution in [-0.4, -0.2) is 77.6 Å². The Morgan fingerprint density at radius 2 is 1.59 bits per heavy atom. The van der Waals surface area contributed by atoms with Crippen molar-refractivity contribution in [2.75, 3.05) is 59.4 Å². The molecule has 1 fully saturated rings. The zero-order chi connectivity index (χ0) is 23.3. The van der Waals surface area contributed by atoms with Gasteiger partial charge in [-0.15, -0.1) is 0 Å². The molecule has 0 spiro atoms. The van der Waals surface area contributed by atoms with Crippen molar-refractivity contribution in [1.29, 1.82) is 0 Å². The number of carbonyl (C=O) groups excluding carboxylic acids is 1. The first kappa shape index (κ1) is 23.8. The number of sulfonamides is 1. The number of nitrogens with zero attached hydrogens (tertiary/aromatic N) is 2. The van der Waals surface area contributed by atoms with Crippen molar-refractivity contribution < 1.29 is 31.8 Å². The van der Waals surface area contributed by atoms with Crippen LogP contribution in [0.15, 0.2) is 41.3 Å². The van der Waals surface area contributed by atoms with Crippen molar-refractivity contribution in [1.82, 2.24) is 9.21 Å². The molecular weight excluding hydrogens is 441 g/mol. The molecule has 1 heterocycles. The molecule has 0 saturated carbocycles. The van der Waals surface area contributed by atoms with Crippen LogP contribution in [-0.2, 0) is 14.8 Å². The second-order valence-electron chi connectivity index (χ2n) is 7.07. The maximum atomic E-state index is 14.0. The second-order valence-corrected chi connectivity index (χ2v) is 8.98. The Labute approximate surface area is 186 Å². The Morgan fingerprint density at radius 3 is 2.12 bits per heavy atom. The number of piperazine rings is 1. The largest absolute Gasteiger partial charge is 0.493 e. The molecule has 0 radical (unpaired) electrons. The zero-order valence-corrected chi connectivity index (χ0v) is 18.9. The van der Waals surface area contributed by atoms with Gasteiger partial charge in [0, 0.05) is 44.0 Å². The van der Waals surface area contributed by atoms with E-state index < -0.39 is 15.8 Å². The van der Waals surface area contributed by atoms with Gasteiger partial charge in [-0.3, -0.25) is 9.69 Å². The number of hydrogen-bond acceptors (Lipinski definition) is 7. The molecule has 174 valence electrons. The SMILES string of the molecule is COc1cc(NC(=O)CN2CCN(S(=O)(=O)c3ccccc3F)CC2)cc(OC)c1OC. The fourth-order valence-electron chi connectivity index (χ4n) is 3.48. The van der Waals surface area contributed by atoms with Gasteiger partial charge in [0.15, 0.2) is 11.5 Å². The number of halogens is 1. The summed E-state index contributed by atoms with van der Waals surface area (Å²) in [6.45, 7) is 1.08. The molecule has 1 saturated heterocycles. The van der Waals surface area contributed by atoms with Gasteiger partial charge in [-0.1, -0.05) is 12.1 Å². The lowest BCUT2D eigenvalue weighted by atomic mass is 10.2. The van der Waals surface area contributed by atoms with Crippen molar-refractivity contribution in [2.45, 2.75) is 4.90 Å². The van der Waals surface area contributed by atoms with Crippen LogP contribution < -0.4 is 19.5 Å². The highest BCUT2D eigenvalue weighted by Crippen LogP contribution is 2.39. The first-order chi connectivity index (χ1) is 15.3. The molecule has 1 amide bonds. The number of hydrogen-bond donors (Lipinski definition) is 1. The van der Waals surface area contributed by atoms with Crippen LogP contribution in [0.25, 0.3) is 0 Å². The molecule has 0 unspecified atom stereocenters. The summed E-state index contributed by atoms with van der Waals surface area (Å²) in [4.78, 5) is 14.0. The highest BCUT2D eigenvalue weighted by Gasteiger charge is 2.31. The number of ether oxygens (including phenoxy) is 3. The van der Waals surface area contributed by atoms with Crippen molar-refractivity contribution in [3.8, 4) is 17.2 Å². The van der Waals surface area contributed by atoms with Crippen LogP contribution >= 0.6 is 0 Å². The molecule has 1 N–H and O–H groups in total. The zero-order valence-electron chi connectivity index (χ0n) is 18.1. The average molecular weight is 468 g/mol. The van der Waals surface area contributed by atoms with Gasteiger partial charge in [0.2, 0.25) is 21.7 Å². The normalized spacial score (nSPS) is 15.2. The Balaban J connectivity index is 1.60. The van der Waals surface area contributed by atoms with E-state index in [0.717, 1.165) is 6.07 Å². The molecule has 3 rings (SSSR count). The molecule has 11 heteroatoms. The molecular formula is C21H26FN3O6S. The quantitative estimate of drug-likeness (QED) is 0.632. The van der Waals surface area contributed by atoms with Gasteiger partial charge in [-0.2, -0.15) is 4.31 Å². The summed E-state index contributed by atoms with van der Waals surface area (Å²) in [6.07, 6.45) is 0. The van der Waals surface area contributed by atoms with E-state index >= 15 is 0 Å². The third kappa shape index (κ3) is 5.12. The van der Waals surface area contributed by atoms with E-state index in [1.165, 1.54) is 43.8 Å². The van der Waals surface area contributed by atoms with E-state index in [9.17, 15) is 17.6 Å². The van der Waals surface area contributed by atoms with Crippen LogP contribution in [0.5, 0.6) is 17.2 Å². The average Bonchev–Trinajstić information content (AvgIpc) is 2.78. The lowest BCUT2D eigenvalue weighted by molar-refractivity contribution is -0.117. The third-order valence-corrected chi connectivity index (χ3v) is 7.03. The summed E-state index contributed by atoms with van der Waals surface area (Å²) in [5.74, 6) is 0.188. The maximum Gasteiger partial charge on any atom is 0.246 e. The topological polar surface area (TPSA) is 97.4 Å². The molecule has 2 aromatic carbocycles. The van der Waals surface area contributed by atoms with E-state index in [1.807, 2.05) is 4.90 Å². The molecule has 9 nitrogen and oxygen atoms in total. The summed E-state index contributed by atoms with van der Waals surface area (Å²) in [5, 5.41) is 2.79. The third-order valence-electron chi connectivity index (χ3n) is 5.10. The van der Waals surface area contributed by atoms with Crippen molar-refractivity contribution in [3.63, 3.8) is 0 Å². The first-order valence-corrected chi connectivity index (χ1v) is 11.3. The number of amides is 1. The predicted molar refractivity (Wildman–Crippen MR) is 116 cm³/mol. The van der Waals surface area contributed by atoms with E-state index in [-0.39, 0.29) is 30.4 Å². The summed E-state index contributed by atoms with van der Waals surface area (Å²) in [5.41, 5.74) is 0.477. The number of nitrogens with one attached hydrogen (secondary N) is 1. The van der Waals surface area contributed by atoms with Crippen LogP contribution in [0.2, 0.25) is 0 Å². The Hall–Kier alpha value is -2.89.